The summed E-state index contributed by atoms with van der Waals surface area (Å²) >= 11 is 0. The van der Waals surface area contributed by atoms with Crippen molar-refractivity contribution in [2.75, 3.05) is 12.4 Å². The molecular formula is C8H15N3. The van der Waals surface area contributed by atoms with Gasteiger partial charge in [-0.2, -0.15) is 0 Å². The van der Waals surface area contributed by atoms with Gasteiger partial charge >= 0.3 is 0 Å². The third kappa shape index (κ3) is 1.53. The van der Waals surface area contributed by atoms with Crippen LogP contribution in [0.3, 0.4) is 0 Å². The summed E-state index contributed by atoms with van der Waals surface area (Å²) in [4.78, 5) is 4.20. The third-order valence-electron chi connectivity index (χ3n) is 1.81. The predicted molar refractivity (Wildman–Crippen MR) is 46.7 cm³/mol. The zero-order valence-electron chi connectivity index (χ0n) is 7.39. The van der Waals surface area contributed by atoms with E-state index in [4.69, 9.17) is 0 Å². The smallest absolute Gasteiger partial charge is 0.202 e. The number of imidazole rings is 1. The van der Waals surface area contributed by atoms with Crippen molar-refractivity contribution in [3.05, 3.63) is 11.9 Å². The van der Waals surface area contributed by atoms with E-state index in [1.807, 2.05) is 20.3 Å². The van der Waals surface area contributed by atoms with E-state index in [0.717, 1.165) is 12.4 Å². The molecule has 1 N–H and O–H groups in total. The van der Waals surface area contributed by atoms with Gasteiger partial charge in [-0.05, 0) is 6.42 Å². The van der Waals surface area contributed by atoms with E-state index in [-0.39, 0.29) is 0 Å². The molecule has 0 saturated carbocycles. The molecular weight excluding hydrogens is 138 g/mol. The molecule has 1 aromatic rings. The molecule has 1 heterocycles. The Morgan fingerprint density at radius 1 is 1.64 bits per heavy atom. The van der Waals surface area contributed by atoms with Crippen molar-refractivity contribution in [1.29, 1.82) is 0 Å². The van der Waals surface area contributed by atoms with Crippen molar-refractivity contribution in [1.82, 2.24) is 9.55 Å². The van der Waals surface area contributed by atoms with Crippen molar-refractivity contribution in [2.24, 2.45) is 7.05 Å². The highest BCUT2D eigenvalue weighted by Crippen LogP contribution is 2.08. The van der Waals surface area contributed by atoms with Crippen LogP contribution in [0.2, 0.25) is 0 Å². The Balaban J connectivity index is 2.82. The Labute approximate surface area is 67.4 Å². The minimum absolute atomic E-state index is 0.938. The van der Waals surface area contributed by atoms with Crippen LogP contribution in [-0.2, 0) is 13.5 Å². The Bertz CT molecular complexity index is 227. The topological polar surface area (TPSA) is 29.9 Å². The Morgan fingerprint density at radius 2 is 2.36 bits per heavy atom. The van der Waals surface area contributed by atoms with E-state index >= 15 is 0 Å². The fraction of sp³-hybridized carbons (Fsp3) is 0.625. The van der Waals surface area contributed by atoms with E-state index in [1.165, 1.54) is 12.1 Å². The summed E-state index contributed by atoms with van der Waals surface area (Å²) in [5.41, 5.74) is 1.29. The van der Waals surface area contributed by atoms with Crippen LogP contribution in [0, 0.1) is 0 Å². The van der Waals surface area contributed by atoms with Gasteiger partial charge in [0.25, 0.3) is 0 Å². The first kappa shape index (κ1) is 8.11. The molecule has 1 aromatic heterocycles. The lowest BCUT2D eigenvalue weighted by molar-refractivity contribution is 0.790. The number of rotatable bonds is 3. The van der Waals surface area contributed by atoms with Crippen LogP contribution in [-0.4, -0.2) is 16.6 Å². The maximum atomic E-state index is 4.20. The molecule has 3 heteroatoms. The van der Waals surface area contributed by atoms with Crippen LogP contribution in [0.1, 0.15) is 19.0 Å². The molecule has 0 spiro atoms. The van der Waals surface area contributed by atoms with Gasteiger partial charge in [0.15, 0.2) is 0 Å². The Morgan fingerprint density at radius 3 is 2.82 bits per heavy atom. The SMILES string of the molecule is CCCc1cnc(NC)n1C. The molecule has 11 heavy (non-hydrogen) atoms. The minimum Gasteiger partial charge on any atom is -0.359 e. The van der Waals surface area contributed by atoms with Gasteiger partial charge in [-0.1, -0.05) is 13.3 Å². The molecule has 0 aliphatic rings. The summed E-state index contributed by atoms with van der Waals surface area (Å²) in [7, 11) is 3.92. The highest BCUT2D eigenvalue weighted by Gasteiger charge is 2.01. The average molecular weight is 153 g/mol. The van der Waals surface area contributed by atoms with Crippen LogP contribution in [0.5, 0.6) is 0 Å². The largest absolute Gasteiger partial charge is 0.359 e. The summed E-state index contributed by atoms with van der Waals surface area (Å²) in [6, 6.07) is 0. The number of nitrogens with one attached hydrogen (secondary N) is 1. The maximum Gasteiger partial charge on any atom is 0.202 e. The van der Waals surface area contributed by atoms with Crippen molar-refractivity contribution in [3.63, 3.8) is 0 Å². The fourth-order valence-corrected chi connectivity index (χ4v) is 1.17. The molecule has 0 unspecified atom stereocenters. The third-order valence-corrected chi connectivity index (χ3v) is 1.81. The molecule has 0 aliphatic heterocycles. The summed E-state index contributed by atoms with van der Waals surface area (Å²) in [5, 5.41) is 3.03. The first-order chi connectivity index (χ1) is 5.29. The van der Waals surface area contributed by atoms with Crippen LogP contribution in [0.15, 0.2) is 6.20 Å². The zero-order valence-corrected chi connectivity index (χ0v) is 7.39. The molecule has 0 fully saturated rings. The number of hydrogen-bond donors (Lipinski definition) is 1. The quantitative estimate of drug-likeness (QED) is 0.711. The zero-order chi connectivity index (χ0) is 8.27. The predicted octanol–water partition coefficient (Wildman–Crippen LogP) is 1.41. The van der Waals surface area contributed by atoms with Gasteiger partial charge in [0.1, 0.15) is 0 Å². The van der Waals surface area contributed by atoms with Crippen molar-refractivity contribution in [3.8, 4) is 0 Å². The molecule has 62 valence electrons. The van der Waals surface area contributed by atoms with E-state index in [0.29, 0.717) is 0 Å². The number of aromatic nitrogens is 2. The van der Waals surface area contributed by atoms with Gasteiger partial charge in [-0.15, -0.1) is 0 Å². The van der Waals surface area contributed by atoms with E-state index < -0.39 is 0 Å². The average Bonchev–Trinajstić information content (AvgIpc) is 2.34. The second kappa shape index (κ2) is 3.42. The summed E-state index contributed by atoms with van der Waals surface area (Å²) < 4.78 is 2.09. The molecule has 0 radical (unpaired) electrons. The van der Waals surface area contributed by atoms with Crippen LogP contribution < -0.4 is 5.32 Å². The Hall–Kier alpha value is -0.990. The molecule has 0 aliphatic carbocycles. The number of hydrogen-bond acceptors (Lipinski definition) is 2. The molecule has 3 nitrogen and oxygen atoms in total. The van der Waals surface area contributed by atoms with Crippen molar-refractivity contribution < 1.29 is 0 Å². The van der Waals surface area contributed by atoms with E-state index in [2.05, 4.69) is 21.8 Å². The second-order valence-corrected chi connectivity index (χ2v) is 2.63. The number of aryl methyl sites for hydroxylation is 1. The lowest BCUT2D eigenvalue weighted by Gasteiger charge is -2.02. The molecule has 0 amide bonds. The van der Waals surface area contributed by atoms with Gasteiger partial charge in [0, 0.05) is 19.8 Å². The Kier molecular flexibility index (Phi) is 2.52. The molecule has 1 rings (SSSR count). The van der Waals surface area contributed by atoms with E-state index in [1.54, 1.807) is 0 Å². The van der Waals surface area contributed by atoms with Crippen LogP contribution in [0.4, 0.5) is 5.95 Å². The molecule has 0 saturated heterocycles. The van der Waals surface area contributed by atoms with Gasteiger partial charge in [-0.3, -0.25) is 0 Å². The maximum absolute atomic E-state index is 4.20. The lowest BCUT2D eigenvalue weighted by atomic mass is 10.3. The fourth-order valence-electron chi connectivity index (χ4n) is 1.17. The summed E-state index contributed by atoms with van der Waals surface area (Å²) in [6.07, 6.45) is 4.20. The van der Waals surface area contributed by atoms with Crippen LogP contribution >= 0.6 is 0 Å². The molecule has 0 aromatic carbocycles. The monoisotopic (exact) mass is 153 g/mol. The van der Waals surface area contributed by atoms with Gasteiger partial charge in [0.05, 0.1) is 6.20 Å². The number of anilines is 1. The molecule has 0 bridgehead atoms. The second-order valence-electron chi connectivity index (χ2n) is 2.63. The lowest BCUT2D eigenvalue weighted by Crippen LogP contribution is -2.01. The standard InChI is InChI=1S/C8H15N3/c1-4-5-7-6-10-8(9-2)11(7)3/h6H,4-5H2,1-3H3,(H,9,10). The highest BCUT2D eigenvalue weighted by atomic mass is 15.2. The number of nitrogens with zero attached hydrogens (tertiary/aromatic N) is 2. The minimum atomic E-state index is 0.938. The first-order valence-corrected chi connectivity index (χ1v) is 3.98. The summed E-state index contributed by atoms with van der Waals surface area (Å²) in [6.45, 7) is 2.17. The van der Waals surface area contributed by atoms with Gasteiger partial charge in [-0.25, -0.2) is 4.98 Å². The highest BCUT2D eigenvalue weighted by molar-refractivity contribution is 5.27. The van der Waals surface area contributed by atoms with Gasteiger partial charge < -0.3 is 9.88 Å². The normalized spacial score (nSPS) is 10.1. The van der Waals surface area contributed by atoms with Crippen molar-refractivity contribution >= 4 is 5.95 Å². The summed E-state index contributed by atoms with van der Waals surface area (Å²) in [5.74, 6) is 0.938. The van der Waals surface area contributed by atoms with Crippen molar-refractivity contribution in [2.45, 2.75) is 19.8 Å². The first-order valence-electron chi connectivity index (χ1n) is 3.98. The van der Waals surface area contributed by atoms with Crippen LogP contribution in [0.25, 0.3) is 0 Å². The molecule has 0 atom stereocenters. The van der Waals surface area contributed by atoms with E-state index in [9.17, 15) is 0 Å². The van der Waals surface area contributed by atoms with Gasteiger partial charge in [0.2, 0.25) is 5.95 Å².